The third-order valence-corrected chi connectivity index (χ3v) is 5.04. The van der Waals surface area contributed by atoms with Gasteiger partial charge in [0.05, 0.1) is 4.90 Å². The van der Waals surface area contributed by atoms with E-state index in [9.17, 15) is 13.2 Å². The molecule has 6 heteroatoms. The normalized spacial score (nSPS) is 16.7. The maximum Gasteiger partial charge on any atom is 0.251 e. The highest BCUT2D eigenvalue weighted by atomic mass is 32.2. The number of nitrogens with one attached hydrogen (secondary N) is 1. The summed E-state index contributed by atoms with van der Waals surface area (Å²) < 4.78 is 23.1. The molecule has 0 atom stereocenters. The van der Waals surface area contributed by atoms with Crippen LogP contribution >= 0.6 is 0 Å². The van der Waals surface area contributed by atoms with Crippen molar-refractivity contribution in [3.05, 3.63) is 23.8 Å². The monoisotopic (exact) mass is 296 g/mol. The van der Waals surface area contributed by atoms with Crippen molar-refractivity contribution < 1.29 is 13.2 Å². The van der Waals surface area contributed by atoms with Crippen molar-refractivity contribution in [2.45, 2.75) is 31.1 Å². The first-order valence-electron chi connectivity index (χ1n) is 6.65. The van der Waals surface area contributed by atoms with Gasteiger partial charge >= 0.3 is 0 Å². The zero-order chi connectivity index (χ0) is 15.0. The van der Waals surface area contributed by atoms with Gasteiger partial charge in [0.15, 0.2) is 9.84 Å². The summed E-state index contributed by atoms with van der Waals surface area (Å²) >= 11 is 0. The van der Waals surface area contributed by atoms with Crippen molar-refractivity contribution in [3.63, 3.8) is 0 Å². The summed E-state index contributed by atoms with van der Waals surface area (Å²) in [5.74, 6) is -0.276. The number of rotatable bonds is 5. The number of hydrogen-bond acceptors (Lipinski definition) is 4. The number of hydrogen-bond donors (Lipinski definition) is 2. The van der Waals surface area contributed by atoms with E-state index in [0.29, 0.717) is 6.54 Å². The molecule has 1 aromatic carbocycles. The molecular weight excluding hydrogens is 276 g/mol. The van der Waals surface area contributed by atoms with Crippen LogP contribution in [0.2, 0.25) is 0 Å². The lowest BCUT2D eigenvalue weighted by molar-refractivity contribution is 0.0944. The Balaban J connectivity index is 2.16. The van der Waals surface area contributed by atoms with E-state index in [0.717, 1.165) is 25.5 Å². The molecule has 3 N–H and O–H groups in total. The molecule has 1 aliphatic carbocycles. The van der Waals surface area contributed by atoms with Crippen LogP contribution in [0.5, 0.6) is 0 Å². The van der Waals surface area contributed by atoms with Crippen LogP contribution in [-0.4, -0.2) is 27.1 Å². The second-order valence-electron chi connectivity index (χ2n) is 5.60. The van der Waals surface area contributed by atoms with E-state index >= 15 is 0 Å². The Morgan fingerprint density at radius 2 is 2.00 bits per heavy atom. The number of benzene rings is 1. The zero-order valence-electron chi connectivity index (χ0n) is 11.8. The number of anilines is 1. The van der Waals surface area contributed by atoms with Crippen LogP contribution in [0.25, 0.3) is 0 Å². The molecule has 0 unspecified atom stereocenters. The Morgan fingerprint density at radius 3 is 2.50 bits per heavy atom. The van der Waals surface area contributed by atoms with Crippen LogP contribution in [-0.2, 0) is 9.84 Å². The summed E-state index contributed by atoms with van der Waals surface area (Å²) in [6.45, 7) is 2.74. The number of carbonyl (C=O) groups is 1. The fraction of sp³-hybridized carbons (Fsp3) is 0.500. The number of amides is 1. The van der Waals surface area contributed by atoms with Crippen LogP contribution in [0.3, 0.4) is 0 Å². The summed E-state index contributed by atoms with van der Waals surface area (Å²) in [7, 11) is -3.38. The van der Waals surface area contributed by atoms with E-state index in [1.54, 1.807) is 0 Å². The minimum Gasteiger partial charge on any atom is -0.399 e. The third kappa shape index (κ3) is 3.30. The van der Waals surface area contributed by atoms with E-state index in [4.69, 9.17) is 5.73 Å². The zero-order valence-corrected chi connectivity index (χ0v) is 12.6. The summed E-state index contributed by atoms with van der Waals surface area (Å²) in [5, 5.41) is 2.87. The fourth-order valence-corrected chi connectivity index (χ4v) is 2.86. The number of nitrogens with two attached hydrogens (primary N) is 1. The van der Waals surface area contributed by atoms with Crippen molar-refractivity contribution in [3.8, 4) is 0 Å². The highest BCUT2D eigenvalue weighted by molar-refractivity contribution is 7.90. The molecule has 1 aromatic rings. The smallest absolute Gasteiger partial charge is 0.251 e. The molecule has 110 valence electrons. The van der Waals surface area contributed by atoms with Gasteiger partial charge in [0.1, 0.15) is 0 Å². The topological polar surface area (TPSA) is 89.3 Å². The molecule has 1 fully saturated rings. The van der Waals surface area contributed by atoms with Crippen LogP contribution in [0, 0.1) is 5.41 Å². The van der Waals surface area contributed by atoms with Gasteiger partial charge in [-0.1, -0.05) is 6.92 Å². The van der Waals surface area contributed by atoms with Crippen LogP contribution < -0.4 is 11.1 Å². The molecule has 0 saturated heterocycles. The van der Waals surface area contributed by atoms with Crippen molar-refractivity contribution in [2.75, 3.05) is 18.5 Å². The number of sulfone groups is 1. The Kier molecular flexibility index (Phi) is 3.77. The van der Waals surface area contributed by atoms with Gasteiger partial charge in [-0.25, -0.2) is 8.42 Å². The highest BCUT2D eigenvalue weighted by Gasteiger charge is 2.40. The van der Waals surface area contributed by atoms with Gasteiger partial charge in [0, 0.05) is 24.1 Å². The quantitative estimate of drug-likeness (QED) is 0.808. The van der Waals surface area contributed by atoms with E-state index < -0.39 is 9.84 Å². The summed E-state index contributed by atoms with van der Waals surface area (Å²) in [6.07, 6.45) is 4.41. The van der Waals surface area contributed by atoms with E-state index in [1.165, 1.54) is 18.2 Å². The van der Waals surface area contributed by atoms with Gasteiger partial charge in [0.25, 0.3) is 5.91 Å². The molecule has 0 aromatic heterocycles. The highest BCUT2D eigenvalue weighted by Crippen LogP contribution is 2.47. The summed E-state index contributed by atoms with van der Waals surface area (Å²) in [4.78, 5) is 12.2. The molecular formula is C14H20N2O3S. The fourth-order valence-electron chi connectivity index (χ4n) is 2.17. The molecule has 5 nitrogen and oxygen atoms in total. The summed E-state index contributed by atoms with van der Waals surface area (Å²) in [6, 6.07) is 4.22. The lowest BCUT2D eigenvalue weighted by Crippen LogP contribution is -2.30. The molecule has 1 amide bonds. The van der Waals surface area contributed by atoms with E-state index in [2.05, 4.69) is 12.2 Å². The van der Waals surface area contributed by atoms with Gasteiger partial charge in [-0.3, -0.25) is 4.79 Å². The number of carbonyl (C=O) groups excluding carboxylic acids is 1. The van der Waals surface area contributed by atoms with Gasteiger partial charge in [-0.15, -0.1) is 0 Å². The van der Waals surface area contributed by atoms with Gasteiger partial charge in [0.2, 0.25) is 0 Å². The van der Waals surface area contributed by atoms with Crippen molar-refractivity contribution >= 4 is 21.4 Å². The van der Waals surface area contributed by atoms with Gasteiger partial charge in [-0.2, -0.15) is 0 Å². The SMILES string of the molecule is CCC1(CNC(=O)c2cc(N)cc(S(C)(=O)=O)c2)CC1. The van der Waals surface area contributed by atoms with Crippen molar-refractivity contribution in [1.29, 1.82) is 0 Å². The minimum absolute atomic E-state index is 0.0688. The lowest BCUT2D eigenvalue weighted by Gasteiger charge is -2.14. The van der Waals surface area contributed by atoms with Crippen LogP contribution in [0.4, 0.5) is 5.69 Å². The maximum absolute atomic E-state index is 12.1. The van der Waals surface area contributed by atoms with Gasteiger partial charge < -0.3 is 11.1 Å². The van der Waals surface area contributed by atoms with Crippen molar-refractivity contribution in [1.82, 2.24) is 5.32 Å². The van der Waals surface area contributed by atoms with E-state index in [1.807, 2.05) is 0 Å². The van der Waals surface area contributed by atoms with Crippen LogP contribution in [0.15, 0.2) is 23.1 Å². The Bertz CT molecular complexity index is 634. The number of nitrogen functional groups attached to an aromatic ring is 1. The Hall–Kier alpha value is -1.56. The lowest BCUT2D eigenvalue weighted by atomic mass is 10.0. The standard InChI is InChI=1S/C14H20N2O3S/c1-3-14(4-5-14)9-16-13(17)10-6-11(15)8-12(7-10)20(2,18)19/h6-8H,3-5,9,15H2,1-2H3,(H,16,17). The average molecular weight is 296 g/mol. The second-order valence-corrected chi connectivity index (χ2v) is 7.61. The largest absolute Gasteiger partial charge is 0.399 e. The predicted molar refractivity (Wildman–Crippen MR) is 78.3 cm³/mol. The molecule has 1 saturated carbocycles. The second kappa shape index (κ2) is 5.09. The molecule has 0 bridgehead atoms. The molecule has 0 heterocycles. The molecule has 20 heavy (non-hydrogen) atoms. The first kappa shape index (κ1) is 14.8. The minimum atomic E-state index is -3.38. The molecule has 0 spiro atoms. The predicted octanol–water partition coefficient (Wildman–Crippen LogP) is 1.59. The molecule has 0 aliphatic heterocycles. The van der Waals surface area contributed by atoms with Crippen LogP contribution in [0.1, 0.15) is 36.5 Å². The van der Waals surface area contributed by atoms with E-state index in [-0.39, 0.29) is 27.5 Å². The molecule has 0 radical (unpaired) electrons. The van der Waals surface area contributed by atoms with Crippen molar-refractivity contribution in [2.24, 2.45) is 5.41 Å². The maximum atomic E-state index is 12.1. The first-order valence-corrected chi connectivity index (χ1v) is 8.54. The Labute approximate surface area is 119 Å². The average Bonchev–Trinajstić information content (AvgIpc) is 3.15. The first-order chi connectivity index (χ1) is 9.26. The summed E-state index contributed by atoms with van der Waals surface area (Å²) in [5.41, 5.74) is 6.48. The third-order valence-electron chi connectivity index (χ3n) is 3.95. The molecule has 1 aliphatic rings. The van der Waals surface area contributed by atoms with Gasteiger partial charge in [-0.05, 0) is 42.9 Å². The Morgan fingerprint density at radius 1 is 1.35 bits per heavy atom. The molecule has 2 rings (SSSR count).